The van der Waals surface area contributed by atoms with Crippen molar-refractivity contribution in [3.8, 4) is 0 Å². The molecule has 2 aromatic heterocycles. The number of rotatable bonds is 4. The minimum atomic E-state index is 0.191. The van der Waals surface area contributed by atoms with Crippen LogP contribution < -0.4 is 5.32 Å². The van der Waals surface area contributed by atoms with Crippen molar-refractivity contribution in [3.05, 3.63) is 35.9 Å². The zero-order valence-corrected chi connectivity index (χ0v) is 13.4. The van der Waals surface area contributed by atoms with Crippen molar-refractivity contribution in [2.45, 2.75) is 38.7 Å². The first-order valence-corrected chi connectivity index (χ1v) is 8.44. The molecule has 7 nitrogen and oxygen atoms in total. The number of hydrogen-bond donors (Lipinski definition) is 1. The summed E-state index contributed by atoms with van der Waals surface area (Å²) >= 11 is 0. The fraction of sp³-hybridized carbons (Fsp3) is 0.625. The molecule has 1 saturated heterocycles. The molecule has 1 N–H and O–H groups in total. The van der Waals surface area contributed by atoms with Crippen molar-refractivity contribution in [2.24, 2.45) is 0 Å². The molecule has 7 heteroatoms. The van der Waals surface area contributed by atoms with Crippen molar-refractivity contribution < 1.29 is 4.74 Å². The van der Waals surface area contributed by atoms with Gasteiger partial charge in [0.2, 0.25) is 0 Å². The van der Waals surface area contributed by atoms with Gasteiger partial charge in [0, 0.05) is 51.7 Å². The van der Waals surface area contributed by atoms with E-state index in [1.54, 1.807) is 0 Å². The minimum Gasteiger partial charge on any atom is -0.375 e. The van der Waals surface area contributed by atoms with Crippen molar-refractivity contribution >= 4 is 0 Å². The van der Waals surface area contributed by atoms with Gasteiger partial charge in [0.1, 0.15) is 0 Å². The maximum Gasteiger partial charge on any atom is 0.0897 e. The normalized spacial score (nSPS) is 22.7. The van der Waals surface area contributed by atoms with Crippen LogP contribution in [-0.4, -0.2) is 56.8 Å². The Kier molecular flexibility index (Phi) is 4.41. The summed E-state index contributed by atoms with van der Waals surface area (Å²) in [4.78, 5) is 2.46. The van der Waals surface area contributed by atoms with Crippen molar-refractivity contribution in [3.63, 3.8) is 0 Å². The van der Waals surface area contributed by atoms with E-state index in [4.69, 9.17) is 9.84 Å². The van der Waals surface area contributed by atoms with Crippen LogP contribution in [0.2, 0.25) is 0 Å². The van der Waals surface area contributed by atoms with Crippen LogP contribution in [0.4, 0.5) is 0 Å². The van der Waals surface area contributed by atoms with Gasteiger partial charge >= 0.3 is 0 Å². The standard InChI is InChI=1S/C16H24N6O/c1-3-18-21(6-1)13-16-12-20(5-2-8-23-16)11-14-9-15-10-17-4-7-22(15)19-14/h1,3,6,9,16-17H,2,4-5,7-8,10-13H2. The van der Waals surface area contributed by atoms with Gasteiger partial charge in [-0.2, -0.15) is 10.2 Å². The summed E-state index contributed by atoms with van der Waals surface area (Å²) in [5, 5.41) is 12.4. The largest absolute Gasteiger partial charge is 0.375 e. The van der Waals surface area contributed by atoms with E-state index in [2.05, 4.69) is 26.1 Å². The number of fused-ring (bicyclic) bond motifs is 1. The molecule has 0 saturated carbocycles. The molecule has 0 aliphatic carbocycles. The molecular weight excluding hydrogens is 292 g/mol. The van der Waals surface area contributed by atoms with Gasteiger partial charge in [-0.25, -0.2) is 0 Å². The predicted molar refractivity (Wildman–Crippen MR) is 85.8 cm³/mol. The number of hydrogen-bond acceptors (Lipinski definition) is 5. The Balaban J connectivity index is 1.40. The Hall–Kier alpha value is -1.70. The number of nitrogens with one attached hydrogen (secondary N) is 1. The molecule has 2 aliphatic heterocycles. The Morgan fingerprint density at radius 2 is 2.35 bits per heavy atom. The molecule has 0 spiro atoms. The van der Waals surface area contributed by atoms with Crippen LogP contribution in [0.5, 0.6) is 0 Å². The van der Waals surface area contributed by atoms with E-state index in [9.17, 15) is 0 Å². The highest BCUT2D eigenvalue weighted by Crippen LogP contribution is 2.14. The SMILES string of the molecule is c1cnn(CC2CN(Cc3cc4n(n3)CCNC4)CCCO2)c1. The van der Waals surface area contributed by atoms with Crippen LogP contribution >= 0.6 is 0 Å². The topological polar surface area (TPSA) is 60.1 Å². The molecule has 0 aromatic carbocycles. The summed E-state index contributed by atoms with van der Waals surface area (Å²) in [5.41, 5.74) is 2.47. The monoisotopic (exact) mass is 316 g/mol. The van der Waals surface area contributed by atoms with E-state index < -0.39 is 0 Å². The van der Waals surface area contributed by atoms with Gasteiger partial charge in [-0.15, -0.1) is 0 Å². The van der Waals surface area contributed by atoms with E-state index in [0.717, 1.165) is 58.8 Å². The minimum absolute atomic E-state index is 0.191. The lowest BCUT2D eigenvalue weighted by molar-refractivity contribution is 0.0389. The second-order valence-corrected chi connectivity index (χ2v) is 6.34. The molecule has 0 radical (unpaired) electrons. The van der Waals surface area contributed by atoms with Gasteiger partial charge in [-0.05, 0) is 18.6 Å². The molecule has 1 atom stereocenters. The summed E-state index contributed by atoms with van der Waals surface area (Å²) in [6.45, 7) is 7.45. The summed E-state index contributed by atoms with van der Waals surface area (Å²) in [7, 11) is 0. The van der Waals surface area contributed by atoms with E-state index in [-0.39, 0.29) is 6.10 Å². The van der Waals surface area contributed by atoms with Crippen molar-refractivity contribution in [1.29, 1.82) is 0 Å². The van der Waals surface area contributed by atoms with Crippen LogP contribution in [0.25, 0.3) is 0 Å². The third-order valence-electron chi connectivity index (χ3n) is 4.49. The lowest BCUT2D eigenvalue weighted by Crippen LogP contribution is -2.34. The Morgan fingerprint density at radius 3 is 3.22 bits per heavy atom. The molecule has 2 aliphatic rings. The van der Waals surface area contributed by atoms with Gasteiger partial charge in [-0.1, -0.05) is 0 Å². The van der Waals surface area contributed by atoms with Crippen LogP contribution in [-0.2, 0) is 30.9 Å². The molecule has 0 amide bonds. The zero-order valence-electron chi connectivity index (χ0n) is 13.4. The van der Waals surface area contributed by atoms with Crippen LogP contribution in [0.1, 0.15) is 17.8 Å². The van der Waals surface area contributed by atoms with Crippen LogP contribution in [0.3, 0.4) is 0 Å². The summed E-state index contributed by atoms with van der Waals surface area (Å²) < 4.78 is 10.1. The predicted octanol–water partition coefficient (Wildman–Crippen LogP) is 0.474. The van der Waals surface area contributed by atoms with E-state index in [1.165, 1.54) is 11.4 Å². The summed E-state index contributed by atoms with van der Waals surface area (Å²) in [6, 6.07) is 4.19. The van der Waals surface area contributed by atoms with Gasteiger partial charge in [0.05, 0.1) is 30.6 Å². The Bertz CT molecular complexity index is 599. The number of nitrogens with zero attached hydrogens (tertiary/aromatic N) is 5. The molecule has 1 unspecified atom stereocenters. The molecule has 23 heavy (non-hydrogen) atoms. The Labute approximate surface area is 136 Å². The second kappa shape index (κ2) is 6.82. The lowest BCUT2D eigenvalue weighted by atomic mass is 10.2. The van der Waals surface area contributed by atoms with Crippen LogP contribution in [0, 0.1) is 0 Å². The highest BCUT2D eigenvalue weighted by molar-refractivity contribution is 5.11. The summed E-state index contributed by atoms with van der Waals surface area (Å²) in [6.07, 6.45) is 5.08. The zero-order chi connectivity index (χ0) is 15.5. The maximum absolute atomic E-state index is 5.99. The molecular formula is C16H24N6O. The number of aromatic nitrogens is 4. The molecule has 0 bridgehead atoms. The van der Waals surface area contributed by atoms with E-state index in [0.29, 0.717) is 0 Å². The van der Waals surface area contributed by atoms with E-state index >= 15 is 0 Å². The molecule has 2 aromatic rings. The Morgan fingerprint density at radius 1 is 1.35 bits per heavy atom. The molecule has 124 valence electrons. The van der Waals surface area contributed by atoms with Gasteiger partial charge in [0.25, 0.3) is 0 Å². The average molecular weight is 316 g/mol. The van der Waals surface area contributed by atoms with Gasteiger partial charge in [0.15, 0.2) is 0 Å². The van der Waals surface area contributed by atoms with E-state index in [1.807, 2.05) is 23.1 Å². The highest BCUT2D eigenvalue weighted by atomic mass is 16.5. The first-order valence-electron chi connectivity index (χ1n) is 8.44. The van der Waals surface area contributed by atoms with Crippen LogP contribution in [0.15, 0.2) is 24.5 Å². The summed E-state index contributed by atoms with van der Waals surface area (Å²) in [5.74, 6) is 0. The third kappa shape index (κ3) is 3.63. The van der Waals surface area contributed by atoms with Gasteiger partial charge < -0.3 is 10.1 Å². The second-order valence-electron chi connectivity index (χ2n) is 6.34. The molecule has 1 fully saturated rings. The molecule has 4 rings (SSSR count). The first kappa shape index (κ1) is 14.9. The molecule has 4 heterocycles. The van der Waals surface area contributed by atoms with Crippen molar-refractivity contribution in [1.82, 2.24) is 29.8 Å². The average Bonchev–Trinajstić information content (AvgIpc) is 3.14. The van der Waals surface area contributed by atoms with Crippen molar-refractivity contribution in [2.75, 3.05) is 26.2 Å². The quantitative estimate of drug-likeness (QED) is 0.889. The lowest BCUT2D eigenvalue weighted by Gasteiger charge is -2.22. The smallest absolute Gasteiger partial charge is 0.0897 e. The fourth-order valence-corrected chi connectivity index (χ4v) is 3.40. The van der Waals surface area contributed by atoms with Gasteiger partial charge in [-0.3, -0.25) is 14.3 Å². The number of ether oxygens (including phenoxy) is 1. The highest BCUT2D eigenvalue weighted by Gasteiger charge is 2.21. The maximum atomic E-state index is 5.99. The third-order valence-corrected chi connectivity index (χ3v) is 4.49. The first-order chi connectivity index (χ1) is 11.4. The fourth-order valence-electron chi connectivity index (χ4n) is 3.40.